The minimum Gasteiger partial charge on any atom is -0.467 e. The Kier molecular flexibility index (Phi) is 4.55. The molecule has 0 aromatic heterocycles. The maximum atomic E-state index is 11.2. The fraction of sp³-hybridized carbons (Fsp3) is 0.364. The second kappa shape index (κ2) is 5.72. The molecular weight excluding hydrogens is 256 g/mol. The summed E-state index contributed by atoms with van der Waals surface area (Å²) >= 11 is 0. The lowest BCUT2D eigenvalue weighted by atomic mass is 10.2. The summed E-state index contributed by atoms with van der Waals surface area (Å²) in [6.45, 7) is 1.68. The van der Waals surface area contributed by atoms with Crippen LogP contribution >= 0.6 is 0 Å². The van der Waals surface area contributed by atoms with Gasteiger partial charge in [-0.15, -0.1) is 0 Å². The van der Waals surface area contributed by atoms with Gasteiger partial charge in [0.05, 0.1) is 13.4 Å². The first-order chi connectivity index (χ1) is 8.31. The van der Waals surface area contributed by atoms with Crippen LogP contribution in [0.25, 0.3) is 0 Å². The molecule has 0 radical (unpaired) electrons. The lowest BCUT2D eigenvalue weighted by Gasteiger charge is -2.13. The van der Waals surface area contributed by atoms with E-state index in [1.807, 2.05) is 0 Å². The summed E-state index contributed by atoms with van der Waals surface area (Å²) in [7, 11) is -1.96. The Labute approximate surface area is 106 Å². The molecule has 1 rings (SSSR count). The number of hydrogen-bond acceptors (Lipinski definition) is 5. The van der Waals surface area contributed by atoms with E-state index in [-0.39, 0.29) is 5.97 Å². The van der Waals surface area contributed by atoms with Gasteiger partial charge in [-0.05, 0) is 31.2 Å². The first-order valence-electron chi connectivity index (χ1n) is 5.24. The van der Waals surface area contributed by atoms with Crippen molar-refractivity contribution in [1.82, 2.24) is 0 Å². The summed E-state index contributed by atoms with van der Waals surface area (Å²) in [6, 6.07) is 6.09. The van der Waals surface area contributed by atoms with Crippen LogP contribution in [-0.2, 0) is 19.6 Å². The predicted octanol–water partition coefficient (Wildman–Crippen LogP) is 1.03. The van der Waals surface area contributed by atoms with Crippen LogP contribution in [0.4, 0.5) is 11.4 Å². The molecule has 100 valence electrons. The average Bonchev–Trinajstić information content (AvgIpc) is 2.28. The lowest BCUT2D eigenvalue weighted by molar-refractivity contribution is -0.141. The van der Waals surface area contributed by atoms with Crippen molar-refractivity contribution in [3.8, 4) is 0 Å². The Morgan fingerprint density at radius 2 is 1.72 bits per heavy atom. The van der Waals surface area contributed by atoms with Gasteiger partial charge in [-0.1, -0.05) is 0 Å². The van der Waals surface area contributed by atoms with Crippen LogP contribution in [0.1, 0.15) is 6.92 Å². The molecule has 2 N–H and O–H groups in total. The number of anilines is 2. The molecule has 0 aliphatic carbocycles. The van der Waals surface area contributed by atoms with Gasteiger partial charge in [-0.25, -0.2) is 13.2 Å². The van der Waals surface area contributed by atoms with E-state index in [2.05, 4.69) is 14.8 Å². The summed E-state index contributed by atoms with van der Waals surface area (Å²) in [5.41, 5.74) is 1.17. The van der Waals surface area contributed by atoms with Crippen molar-refractivity contribution in [3.63, 3.8) is 0 Å². The van der Waals surface area contributed by atoms with Gasteiger partial charge in [-0.2, -0.15) is 0 Å². The Bertz CT molecular complexity index is 510. The number of carbonyl (C=O) groups excluding carboxylic acids is 1. The second-order valence-corrected chi connectivity index (χ2v) is 5.59. The Balaban J connectivity index is 2.69. The maximum Gasteiger partial charge on any atom is 0.327 e. The molecule has 0 heterocycles. The molecule has 1 unspecified atom stereocenters. The Morgan fingerprint density at radius 3 is 2.17 bits per heavy atom. The van der Waals surface area contributed by atoms with Gasteiger partial charge in [0.2, 0.25) is 10.0 Å². The van der Waals surface area contributed by atoms with Crippen molar-refractivity contribution in [3.05, 3.63) is 24.3 Å². The molecular formula is C11H16N2O4S. The summed E-state index contributed by atoms with van der Waals surface area (Å²) in [5, 5.41) is 2.93. The molecule has 0 saturated carbocycles. The summed E-state index contributed by atoms with van der Waals surface area (Å²) < 4.78 is 28.9. The van der Waals surface area contributed by atoms with Crippen LogP contribution in [0, 0.1) is 0 Å². The third kappa shape index (κ3) is 4.62. The average molecular weight is 272 g/mol. The van der Waals surface area contributed by atoms with Crippen molar-refractivity contribution in [1.29, 1.82) is 0 Å². The van der Waals surface area contributed by atoms with Crippen LogP contribution in [0.2, 0.25) is 0 Å². The number of benzene rings is 1. The molecule has 0 amide bonds. The van der Waals surface area contributed by atoms with E-state index in [0.29, 0.717) is 11.4 Å². The highest BCUT2D eigenvalue weighted by Crippen LogP contribution is 2.15. The van der Waals surface area contributed by atoms with E-state index in [9.17, 15) is 13.2 Å². The van der Waals surface area contributed by atoms with Crippen molar-refractivity contribution in [2.45, 2.75) is 13.0 Å². The fourth-order valence-electron chi connectivity index (χ4n) is 1.33. The summed E-state index contributed by atoms with van der Waals surface area (Å²) in [6.07, 6.45) is 1.08. The minimum absolute atomic E-state index is 0.367. The number of sulfonamides is 1. The number of esters is 1. The number of ether oxygens (including phenoxy) is 1. The second-order valence-electron chi connectivity index (χ2n) is 3.84. The topological polar surface area (TPSA) is 84.5 Å². The Morgan fingerprint density at radius 1 is 1.22 bits per heavy atom. The van der Waals surface area contributed by atoms with E-state index < -0.39 is 16.1 Å². The van der Waals surface area contributed by atoms with Crippen molar-refractivity contribution in [2.24, 2.45) is 0 Å². The zero-order valence-corrected chi connectivity index (χ0v) is 11.2. The number of methoxy groups -OCH3 is 1. The first kappa shape index (κ1) is 14.3. The smallest absolute Gasteiger partial charge is 0.327 e. The van der Waals surface area contributed by atoms with Gasteiger partial charge in [0.1, 0.15) is 6.04 Å². The Hall–Kier alpha value is -1.76. The largest absolute Gasteiger partial charge is 0.467 e. The van der Waals surface area contributed by atoms with Gasteiger partial charge in [0.15, 0.2) is 0 Å². The molecule has 0 spiro atoms. The third-order valence-corrected chi connectivity index (χ3v) is 2.73. The third-order valence-electron chi connectivity index (χ3n) is 2.13. The molecule has 1 aromatic carbocycles. The standard InChI is InChI=1S/C11H16N2O4S/c1-8(11(14)17-2)12-9-4-6-10(7-5-9)13-18(3,15)16/h4-8,12-13H,1-3H3. The zero-order valence-electron chi connectivity index (χ0n) is 10.4. The monoisotopic (exact) mass is 272 g/mol. The van der Waals surface area contributed by atoms with Gasteiger partial charge in [-0.3, -0.25) is 4.72 Å². The molecule has 0 bridgehead atoms. The number of hydrogen-bond donors (Lipinski definition) is 2. The van der Waals surface area contributed by atoms with Gasteiger partial charge < -0.3 is 10.1 Å². The summed E-state index contributed by atoms with van der Waals surface area (Å²) in [5.74, 6) is -0.367. The van der Waals surface area contributed by atoms with E-state index in [4.69, 9.17) is 0 Å². The normalized spacial score (nSPS) is 12.6. The molecule has 6 nitrogen and oxygen atoms in total. The fourth-order valence-corrected chi connectivity index (χ4v) is 1.90. The van der Waals surface area contributed by atoms with Crippen LogP contribution in [0.15, 0.2) is 24.3 Å². The number of rotatable bonds is 5. The molecule has 1 atom stereocenters. The van der Waals surface area contributed by atoms with Crippen LogP contribution in [-0.4, -0.2) is 33.8 Å². The highest BCUT2D eigenvalue weighted by atomic mass is 32.2. The van der Waals surface area contributed by atoms with E-state index >= 15 is 0 Å². The quantitative estimate of drug-likeness (QED) is 0.782. The minimum atomic E-state index is -3.27. The number of nitrogens with one attached hydrogen (secondary N) is 2. The van der Waals surface area contributed by atoms with Crippen LogP contribution in [0.3, 0.4) is 0 Å². The van der Waals surface area contributed by atoms with Gasteiger partial charge in [0.25, 0.3) is 0 Å². The van der Waals surface area contributed by atoms with Crippen molar-refractivity contribution < 1.29 is 17.9 Å². The highest BCUT2D eigenvalue weighted by molar-refractivity contribution is 7.92. The molecule has 7 heteroatoms. The van der Waals surface area contributed by atoms with Crippen LogP contribution < -0.4 is 10.0 Å². The number of carbonyl (C=O) groups is 1. The molecule has 0 aliphatic rings. The SMILES string of the molecule is COC(=O)C(C)Nc1ccc(NS(C)(=O)=O)cc1. The van der Waals surface area contributed by atoms with Crippen LogP contribution in [0.5, 0.6) is 0 Å². The molecule has 18 heavy (non-hydrogen) atoms. The molecule has 0 aliphatic heterocycles. The molecule has 1 aromatic rings. The predicted molar refractivity (Wildman–Crippen MR) is 70.0 cm³/mol. The molecule has 0 saturated heterocycles. The first-order valence-corrected chi connectivity index (χ1v) is 7.13. The van der Waals surface area contributed by atoms with Gasteiger partial charge >= 0.3 is 5.97 Å². The zero-order chi connectivity index (χ0) is 13.8. The summed E-state index contributed by atoms with van der Waals surface area (Å²) in [4.78, 5) is 11.2. The highest BCUT2D eigenvalue weighted by Gasteiger charge is 2.12. The van der Waals surface area contributed by atoms with Crippen molar-refractivity contribution >= 4 is 27.4 Å². The van der Waals surface area contributed by atoms with Gasteiger partial charge in [0, 0.05) is 11.4 Å². The van der Waals surface area contributed by atoms with Crippen molar-refractivity contribution in [2.75, 3.05) is 23.4 Å². The van der Waals surface area contributed by atoms with E-state index in [1.165, 1.54) is 7.11 Å². The van der Waals surface area contributed by atoms with E-state index in [0.717, 1.165) is 6.26 Å². The maximum absolute atomic E-state index is 11.2. The van der Waals surface area contributed by atoms with E-state index in [1.54, 1.807) is 31.2 Å². The molecule has 0 fully saturated rings. The lowest BCUT2D eigenvalue weighted by Crippen LogP contribution is -2.27.